The molecule has 1 aromatic carbocycles. The zero-order valence-corrected chi connectivity index (χ0v) is 23.4. The largest absolute Gasteiger partial charge is 0.461 e. The van der Waals surface area contributed by atoms with Gasteiger partial charge in [-0.1, -0.05) is 0 Å². The van der Waals surface area contributed by atoms with Crippen molar-refractivity contribution in [2.75, 3.05) is 43.4 Å². The first-order chi connectivity index (χ1) is 20.4. The molecule has 3 N–H and O–H groups in total. The fourth-order valence-corrected chi connectivity index (χ4v) is 7.47. The maximum Gasteiger partial charge on any atom is 0.421 e. The van der Waals surface area contributed by atoms with E-state index in [0.29, 0.717) is 49.0 Å². The van der Waals surface area contributed by atoms with Gasteiger partial charge in [-0.3, -0.25) is 4.90 Å². The van der Waals surface area contributed by atoms with E-state index in [4.69, 9.17) is 15.5 Å². The molecule has 2 aromatic heterocycles. The maximum absolute atomic E-state index is 16.3. The van der Waals surface area contributed by atoms with Crippen LogP contribution in [0, 0.1) is 18.6 Å². The Labute approximate surface area is 243 Å². The summed E-state index contributed by atoms with van der Waals surface area (Å²) in [5.41, 5.74) is 2.10. The molecule has 3 aromatic rings. The number of nitrogens with zero attached hydrogens (tertiary/aromatic N) is 5. The van der Waals surface area contributed by atoms with E-state index in [2.05, 4.69) is 20.2 Å². The van der Waals surface area contributed by atoms with Crippen LogP contribution in [-0.4, -0.2) is 76.4 Å². The number of ether oxygens (including phenoxy) is 1. The molecule has 0 radical (unpaired) electrons. The Hall–Kier alpha value is -3.39. The molecule has 0 saturated carbocycles. The smallest absolute Gasteiger partial charge is 0.421 e. The zero-order chi connectivity index (χ0) is 30.3. The normalized spacial score (nSPS) is 27.3. The predicted octanol–water partition coefficient (Wildman–Crippen LogP) is 4.78. The molecule has 0 spiro atoms. The van der Waals surface area contributed by atoms with Crippen molar-refractivity contribution in [2.24, 2.45) is 0 Å². The number of rotatable bonds is 5. The summed E-state index contributed by atoms with van der Waals surface area (Å²) in [6.07, 6.45) is -1.99. The summed E-state index contributed by atoms with van der Waals surface area (Å²) in [4.78, 5) is 17.6. The van der Waals surface area contributed by atoms with E-state index in [1.165, 1.54) is 0 Å². The molecule has 7 rings (SSSR count). The summed E-state index contributed by atoms with van der Waals surface area (Å²) in [5.74, 6) is -2.16. The molecule has 6 heterocycles. The van der Waals surface area contributed by atoms with Crippen molar-refractivity contribution in [3.8, 4) is 17.3 Å². The van der Waals surface area contributed by atoms with Crippen molar-refractivity contribution in [3.63, 3.8) is 0 Å². The van der Waals surface area contributed by atoms with Gasteiger partial charge in [0.25, 0.3) is 0 Å². The fraction of sp³-hybridized carbons (Fsp3) is 0.552. The third kappa shape index (κ3) is 4.82. The van der Waals surface area contributed by atoms with Crippen LogP contribution in [0.15, 0.2) is 12.1 Å². The fourth-order valence-electron chi connectivity index (χ4n) is 7.47. The lowest BCUT2D eigenvalue weighted by atomic mass is 9.95. The molecule has 8 nitrogen and oxygen atoms in total. The molecule has 4 saturated heterocycles. The number of halogens is 6. The first kappa shape index (κ1) is 28.4. The molecule has 0 aliphatic carbocycles. The minimum absolute atomic E-state index is 0.0922. The van der Waals surface area contributed by atoms with E-state index in [0.717, 1.165) is 38.3 Å². The zero-order valence-electron chi connectivity index (χ0n) is 23.4. The Kier molecular flexibility index (Phi) is 6.65. The number of hydrogen-bond acceptors (Lipinski definition) is 8. The molecule has 14 heteroatoms. The van der Waals surface area contributed by atoms with E-state index < -0.39 is 46.5 Å². The van der Waals surface area contributed by atoms with Gasteiger partial charge in [0.1, 0.15) is 41.2 Å². The molecule has 4 aliphatic rings. The number of aromatic nitrogens is 3. The predicted molar refractivity (Wildman–Crippen MR) is 148 cm³/mol. The third-order valence-electron chi connectivity index (χ3n) is 9.35. The topological polar surface area (TPSA) is 92.4 Å². The van der Waals surface area contributed by atoms with Crippen LogP contribution in [0.25, 0.3) is 22.2 Å². The monoisotopic (exact) mass is 607 g/mol. The number of nitrogens with one attached hydrogen (secondary N) is 1. The molecule has 0 amide bonds. The third-order valence-corrected chi connectivity index (χ3v) is 9.35. The van der Waals surface area contributed by atoms with E-state index in [-0.39, 0.29) is 35.8 Å². The lowest BCUT2D eigenvalue weighted by Crippen LogP contribution is -2.51. The van der Waals surface area contributed by atoms with E-state index in [1.807, 2.05) is 4.90 Å². The van der Waals surface area contributed by atoms with Crippen molar-refractivity contribution < 1.29 is 31.1 Å². The maximum atomic E-state index is 16.3. The van der Waals surface area contributed by atoms with Crippen LogP contribution in [0.5, 0.6) is 6.01 Å². The first-order valence-corrected chi connectivity index (χ1v) is 14.5. The highest BCUT2D eigenvalue weighted by Gasteiger charge is 2.49. The lowest BCUT2D eigenvalue weighted by molar-refractivity contribution is -0.139. The van der Waals surface area contributed by atoms with Gasteiger partial charge in [-0.25, -0.2) is 18.2 Å². The van der Waals surface area contributed by atoms with Gasteiger partial charge in [0.05, 0.1) is 16.6 Å². The van der Waals surface area contributed by atoms with Gasteiger partial charge >= 0.3 is 12.2 Å². The minimum atomic E-state index is -5.02. The van der Waals surface area contributed by atoms with Crippen LogP contribution in [0.4, 0.5) is 37.8 Å². The number of alkyl halides is 4. The van der Waals surface area contributed by atoms with Crippen molar-refractivity contribution in [1.29, 1.82) is 0 Å². The molecular formula is C29H31F6N7O. The first-order valence-electron chi connectivity index (χ1n) is 14.5. The number of fused-ring (bicyclic) bond motifs is 4. The standard InChI is InChI=1S/C29H31F6N7O/c1-14-21-25(23(32)24(37-14)15-7-19(31)22(20(36)8-15)29(33,34)35)39-27(40-26(21)41-11-17-3-4-18(12-41)38-17)43-13-28-5-2-6-42(28)10-16(30)9-28/h7-8,16-18,38H,2-6,9-13,36H2,1H3/t16-,17-,18+,28+/m1/s1. The SMILES string of the molecule is Cc1nc(-c2cc(N)c(C(F)(F)F)c(F)c2)c(F)c2nc(OC[C@@]34CCCN3C[C@H](F)C4)nc(N3C[C@H]4CC[C@@H](C3)N4)c12. The second kappa shape index (κ2) is 10.1. The molecule has 0 unspecified atom stereocenters. The summed E-state index contributed by atoms with van der Waals surface area (Å²) in [6.45, 7) is 4.09. The highest BCUT2D eigenvalue weighted by atomic mass is 19.4. The quantitative estimate of drug-likeness (QED) is 0.317. The summed E-state index contributed by atoms with van der Waals surface area (Å²) < 4.78 is 91.5. The highest BCUT2D eigenvalue weighted by molar-refractivity contribution is 5.94. The number of benzene rings is 1. The Morgan fingerprint density at radius 1 is 1.09 bits per heavy atom. The molecule has 4 atom stereocenters. The van der Waals surface area contributed by atoms with Gasteiger partial charge in [0.2, 0.25) is 0 Å². The molecule has 4 fully saturated rings. The van der Waals surface area contributed by atoms with Crippen LogP contribution in [0.1, 0.15) is 43.4 Å². The number of nitrogens with two attached hydrogens (primary N) is 1. The average molecular weight is 608 g/mol. The number of aryl methyl sites for hydroxylation is 1. The summed E-state index contributed by atoms with van der Waals surface area (Å²) in [7, 11) is 0. The van der Waals surface area contributed by atoms with E-state index in [1.54, 1.807) is 6.92 Å². The molecule has 2 bridgehead atoms. The second-order valence-corrected chi connectivity index (χ2v) is 12.2. The number of pyridine rings is 1. The molecular weight excluding hydrogens is 576 g/mol. The highest BCUT2D eigenvalue weighted by Crippen LogP contribution is 2.42. The van der Waals surface area contributed by atoms with Gasteiger partial charge < -0.3 is 20.7 Å². The van der Waals surface area contributed by atoms with Gasteiger partial charge in [-0.15, -0.1) is 0 Å². The molecule has 4 aliphatic heterocycles. The Morgan fingerprint density at radius 3 is 2.53 bits per heavy atom. The Bertz CT molecular complexity index is 1570. The molecule has 43 heavy (non-hydrogen) atoms. The minimum Gasteiger partial charge on any atom is -0.461 e. The average Bonchev–Trinajstić information content (AvgIpc) is 3.58. The number of nitrogen functional groups attached to an aromatic ring is 1. The van der Waals surface area contributed by atoms with Crippen LogP contribution >= 0.6 is 0 Å². The number of anilines is 2. The van der Waals surface area contributed by atoms with Crippen molar-refractivity contribution in [3.05, 3.63) is 35.0 Å². The van der Waals surface area contributed by atoms with Gasteiger partial charge in [-0.2, -0.15) is 23.1 Å². The molecule has 230 valence electrons. The Morgan fingerprint density at radius 2 is 1.84 bits per heavy atom. The van der Waals surface area contributed by atoms with Crippen LogP contribution in [-0.2, 0) is 6.18 Å². The van der Waals surface area contributed by atoms with Crippen LogP contribution in [0.3, 0.4) is 0 Å². The summed E-state index contributed by atoms with van der Waals surface area (Å²) >= 11 is 0. The summed E-state index contributed by atoms with van der Waals surface area (Å²) in [6, 6.07) is 1.80. The van der Waals surface area contributed by atoms with Gasteiger partial charge in [-0.05, 0) is 51.3 Å². The second-order valence-electron chi connectivity index (χ2n) is 12.2. The van der Waals surface area contributed by atoms with E-state index in [9.17, 15) is 22.0 Å². The van der Waals surface area contributed by atoms with Crippen LogP contribution in [0.2, 0.25) is 0 Å². The van der Waals surface area contributed by atoms with E-state index >= 15 is 4.39 Å². The number of hydrogen-bond donors (Lipinski definition) is 2. The van der Waals surface area contributed by atoms with Crippen molar-refractivity contribution in [2.45, 2.75) is 69.0 Å². The van der Waals surface area contributed by atoms with Crippen molar-refractivity contribution >= 4 is 22.4 Å². The number of piperazine rings is 1. The van der Waals surface area contributed by atoms with Crippen molar-refractivity contribution in [1.82, 2.24) is 25.2 Å². The van der Waals surface area contributed by atoms with Gasteiger partial charge in [0, 0.05) is 49.4 Å². The van der Waals surface area contributed by atoms with Crippen LogP contribution < -0.4 is 20.7 Å². The van der Waals surface area contributed by atoms with Gasteiger partial charge in [0.15, 0.2) is 5.82 Å². The lowest BCUT2D eigenvalue weighted by Gasteiger charge is -2.35. The summed E-state index contributed by atoms with van der Waals surface area (Å²) in [5, 5.41) is 3.89. The Balaban J connectivity index is 1.34.